The van der Waals surface area contributed by atoms with Crippen molar-refractivity contribution in [2.75, 3.05) is 28.3 Å². The smallest absolute Gasteiger partial charge is 0.264 e. The lowest BCUT2D eigenvalue weighted by molar-refractivity contribution is -0.0258. The molecule has 0 heterocycles. The van der Waals surface area contributed by atoms with Crippen LogP contribution in [0.1, 0.15) is 10.4 Å². The topological polar surface area (TPSA) is 66.9 Å². The van der Waals surface area contributed by atoms with E-state index in [4.69, 9.17) is 0 Å². The molecule has 0 radical (unpaired) electrons. The Labute approximate surface area is 107 Å². The van der Waals surface area contributed by atoms with E-state index in [0.29, 0.717) is 5.56 Å². The highest BCUT2D eigenvalue weighted by Gasteiger charge is 2.21. The molecule has 0 bridgehead atoms. The van der Waals surface area contributed by atoms with E-state index in [9.17, 15) is 13.2 Å². The molecule has 0 saturated heterocycles. The largest absolute Gasteiger partial charge is 0.345 e. The Hall–Kier alpha value is -1.44. The number of rotatable bonds is 4. The van der Waals surface area contributed by atoms with Gasteiger partial charge < -0.3 is 4.90 Å². The fourth-order valence-electron chi connectivity index (χ4n) is 1.27. The molecule has 0 fully saturated rings. The van der Waals surface area contributed by atoms with Crippen molar-refractivity contribution < 1.29 is 18.0 Å². The molecule has 7 heteroatoms. The van der Waals surface area contributed by atoms with Gasteiger partial charge in [-0.3, -0.25) is 9.63 Å². The van der Waals surface area contributed by atoms with E-state index in [1.54, 1.807) is 14.1 Å². The van der Waals surface area contributed by atoms with Gasteiger partial charge in [-0.15, -0.1) is 0 Å². The zero-order chi connectivity index (χ0) is 13.9. The monoisotopic (exact) mass is 272 g/mol. The minimum absolute atomic E-state index is 0.0714. The molecule has 1 amide bonds. The van der Waals surface area contributed by atoms with Crippen LogP contribution >= 0.6 is 0 Å². The molecule has 0 spiro atoms. The quantitative estimate of drug-likeness (QED) is 0.752. The number of amides is 1. The first kappa shape index (κ1) is 14.6. The van der Waals surface area contributed by atoms with Crippen LogP contribution in [0.3, 0.4) is 0 Å². The average Bonchev–Trinajstić information content (AvgIpc) is 2.36. The molecule has 1 aromatic rings. The maximum absolute atomic E-state index is 11.9. The number of hydroxylamine groups is 1. The van der Waals surface area contributed by atoms with Gasteiger partial charge in [-0.25, -0.2) is 8.42 Å². The highest BCUT2D eigenvalue weighted by atomic mass is 32.2. The summed E-state index contributed by atoms with van der Waals surface area (Å²) in [4.78, 5) is 17.8. The van der Waals surface area contributed by atoms with Gasteiger partial charge in [0.05, 0.1) is 12.0 Å². The maximum Gasteiger partial charge on any atom is 0.264 e. The van der Waals surface area contributed by atoms with Crippen molar-refractivity contribution in [1.29, 1.82) is 0 Å². The van der Waals surface area contributed by atoms with Crippen molar-refractivity contribution >= 4 is 15.9 Å². The van der Waals surface area contributed by atoms with Gasteiger partial charge in [0.15, 0.2) is 0 Å². The van der Waals surface area contributed by atoms with Crippen molar-refractivity contribution in [3.63, 3.8) is 0 Å². The fraction of sp³-hybridized carbons (Fsp3) is 0.364. The Balaban J connectivity index is 3.07. The molecule has 1 rings (SSSR count). The zero-order valence-electron chi connectivity index (χ0n) is 10.7. The number of carbonyl (C=O) groups is 1. The van der Waals surface area contributed by atoms with Crippen LogP contribution < -0.4 is 0 Å². The van der Waals surface area contributed by atoms with Crippen LogP contribution in [0.15, 0.2) is 29.2 Å². The predicted octanol–water partition coefficient (Wildman–Crippen LogP) is 0.570. The lowest BCUT2D eigenvalue weighted by Gasteiger charge is -2.15. The summed E-state index contributed by atoms with van der Waals surface area (Å²) in [5, 5.41) is 0. The normalized spacial score (nSPS) is 11.6. The van der Waals surface area contributed by atoms with E-state index in [0.717, 1.165) is 4.47 Å². The van der Waals surface area contributed by atoms with E-state index >= 15 is 0 Å². The van der Waals surface area contributed by atoms with Gasteiger partial charge in [-0.1, -0.05) is 4.47 Å². The molecule has 18 heavy (non-hydrogen) atoms. The zero-order valence-corrected chi connectivity index (χ0v) is 11.6. The molecule has 6 nitrogen and oxygen atoms in total. The summed E-state index contributed by atoms with van der Waals surface area (Å²) in [5.41, 5.74) is 0.430. The van der Waals surface area contributed by atoms with Crippen LogP contribution in [-0.2, 0) is 14.9 Å². The fourth-order valence-corrected chi connectivity index (χ4v) is 2.25. The lowest BCUT2D eigenvalue weighted by atomic mass is 10.2. The number of hydrogen-bond acceptors (Lipinski definition) is 4. The summed E-state index contributed by atoms with van der Waals surface area (Å²) < 4.78 is 24.5. The molecule has 0 aliphatic heterocycles. The minimum atomic E-state index is -3.67. The number of sulfonamides is 1. The first-order chi connectivity index (χ1) is 8.30. The SMILES string of the molecule is CON(C)S(=O)(=O)c1ccc(C(=O)N(C)C)cc1. The third-order valence-electron chi connectivity index (χ3n) is 2.40. The highest BCUT2D eigenvalue weighted by molar-refractivity contribution is 7.89. The Morgan fingerprint density at radius 1 is 1.11 bits per heavy atom. The van der Waals surface area contributed by atoms with Crippen LogP contribution in [0.25, 0.3) is 0 Å². The molecule has 100 valence electrons. The number of nitrogens with zero attached hydrogens (tertiary/aromatic N) is 2. The van der Waals surface area contributed by atoms with Gasteiger partial charge in [0.25, 0.3) is 15.9 Å². The van der Waals surface area contributed by atoms with Crippen LogP contribution in [0.4, 0.5) is 0 Å². The lowest BCUT2D eigenvalue weighted by Crippen LogP contribution is -2.26. The second kappa shape index (κ2) is 5.47. The number of benzene rings is 1. The van der Waals surface area contributed by atoms with Gasteiger partial charge in [0.2, 0.25) is 0 Å². The molecule has 0 unspecified atom stereocenters. The van der Waals surface area contributed by atoms with Gasteiger partial charge in [-0.2, -0.15) is 0 Å². The van der Waals surface area contributed by atoms with Gasteiger partial charge in [0.1, 0.15) is 0 Å². The second-order valence-electron chi connectivity index (χ2n) is 3.82. The molecule has 0 aromatic heterocycles. The summed E-state index contributed by atoms with van der Waals surface area (Å²) in [6.45, 7) is 0. The first-order valence-electron chi connectivity index (χ1n) is 5.15. The van der Waals surface area contributed by atoms with E-state index in [2.05, 4.69) is 4.84 Å². The summed E-state index contributed by atoms with van der Waals surface area (Å²) in [6.07, 6.45) is 0. The standard InChI is InChI=1S/C11H16N2O4S/c1-12(2)11(14)9-5-7-10(8-6-9)18(15,16)13(3)17-4/h5-8H,1-4H3. The summed E-state index contributed by atoms with van der Waals surface area (Å²) in [6, 6.07) is 5.70. The van der Waals surface area contributed by atoms with E-state index in [1.807, 2.05) is 0 Å². The Kier molecular flexibility index (Phi) is 4.44. The van der Waals surface area contributed by atoms with E-state index in [1.165, 1.54) is 43.3 Å². The Morgan fingerprint density at radius 3 is 2.00 bits per heavy atom. The molecule has 0 aliphatic rings. The molecule has 0 atom stereocenters. The summed E-state index contributed by atoms with van der Waals surface area (Å²) in [5.74, 6) is -0.181. The van der Waals surface area contributed by atoms with Crippen LogP contribution in [-0.4, -0.2) is 51.9 Å². The Morgan fingerprint density at radius 2 is 1.61 bits per heavy atom. The van der Waals surface area contributed by atoms with E-state index < -0.39 is 10.0 Å². The van der Waals surface area contributed by atoms with Crippen molar-refractivity contribution in [2.24, 2.45) is 0 Å². The van der Waals surface area contributed by atoms with E-state index in [-0.39, 0.29) is 10.8 Å². The van der Waals surface area contributed by atoms with Crippen LogP contribution in [0.5, 0.6) is 0 Å². The Bertz CT molecular complexity index is 522. The molecule has 0 N–H and O–H groups in total. The van der Waals surface area contributed by atoms with Crippen molar-refractivity contribution in [3.05, 3.63) is 29.8 Å². The number of carbonyl (C=O) groups excluding carboxylic acids is 1. The highest BCUT2D eigenvalue weighted by Crippen LogP contribution is 2.15. The maximum atomic E-state index is 11.9. The third-order valence-corrected chi connectivity index (χ3v) is 4.09. The molecule has 0 aliphatic carbocycles. The van der Waals surface area contributed by atoms with Crippen molar-refractivity contribution in [1.82, 2.24) is 9.37 Å². The van der Waals surface area contributed by atoms with Gasteiger partial charge in [-0.05, 0) is 24.3 Å². The van der Waals surface area contributed by atoms with Crippen molar-refractivity contribution in [3.8, 4) is 0 Å². The summed E-state index contributed by atoms with van der Waals surface area (Å²) >= 11 is 0. The predicted molar refractivity (Wildman–Crippen MR) is 66.4 cm³/mol. The molecule has 0 saturated carbocycles. The minimum Gasteiger partial charge on any atom is -0.345 e. The average molecular weight is 272 g/mol. The summed E-state index contributed by atoms with van der Waals surface area (Å²) in [7, 11) is 2.16. The molecule has 1 aromatic carbocycles. The third kappa shape index (κ3) is 2.87. The molecular formula is C11H16N2O4S. The van der Waals surface area contributed by atoms with Crippen LogP contribution in [0.2, 0.25) is 0 Å². The molecular weight excluding hydrogens is 256 g/mol. The second-order valence-corrected chi connectivity index (χ2v) is 5.76. The van der Waals surface area contributed by atoms with Gasteiger partial charge in [0, 0.05) is 26.7 Å². The van der Waals surface area contributed by atoms with Crippen molar-refractivity contribution in [2.45, 2.75) is 4.90 Å². The number of hydrogen-bond donors (Lipinski definition) is 0. The van der Waals surface area contributed by atoms with Gasteiger partial charge >= 0.3 is 0 Å². The van der Waals surface area contributed by atoms with Crippen LogP contribution in [0, 0.1) is 0 Å². The first-order valence-corrected chi connectivity index (χ1v) is 6.59.